The van der Waals surface area contributed by atoms with E-state index in [9.17, 15) is 30.6 Å². The van der Waals surface area contributed by atoms with Gasteiger partial charge in [-0.25, -0.2) is 9.97 Å². The lowest BCUT2D eigenvalue weighted by atomic mass is 9.82. The van der Waals surface area contributed by atoms with E-state index in [2.05, 4.69) is 176 Å². The molecule has 2 aliphatic carbocycles. The van der Waals surface area contributed by atoms with Crippen molar-refractivity contribution in [2.45, 2.75) is 226 Å². The molecule has 3 aliphatic heterocycles. The Kier molecular flexibility index (Phi) is 26.6. The number of aliphatic hydroxyl groups is 6. The van der Waals surface area contributed by atoms with Gasteiger partial charge in [-0.15, -0.1) is 0 Å². The van der Waals surface area contributed by atoms with Gasteiger partial charge in [0.25, 0.3) is 0 Å². The molecule has 0 radical (unpaired) electrons. The average molecular weight is 1710 g/mol. The highest BCUT2D eigenvalue weighted by Crippen LogP contribution is 2.43. The van der Waals surface area contributed by atoms with Gasteiger partial charge < -0.3 is 63.3 Å². The molecule has 3 aromatic carbocycles. The predicted molar refractivity (Wildman–Crippen MR) is 502 cm³/mol. The van der Waals surface area contributed by atoms with Crippen LogP contribution in [0.2, 0.25) is 5.02 Å². The fourth-order valence-electron chi connectivity index (χ4n) is 20.3. The zero-order chi connectivity index (χ0) is 88.3. The molecule has 0 saturated heterocycles. The van der Waals surface area contributed by atoms with Crippen molar-refractivity contribution in [1.82, 2.24) is 72.4 Å². The fraction of sp³-hybridized carbons (Fsp3) is 0.394. The summed E-state index contributed by atoms with van der Waals surface area (Å²) >= 11 is 6.17. The van der Waals surface area contributed by atoms with Crippen molar-refractivity contribution in [3.8, 4) is 0 Å². The lowest BCUT2D eigenvalue weighted by Crippen LogP contribution is -2.41. The molecule has 0 fully saturated rings. The van der Waals surface area contributed by atoms with Crippen LogP contribution in [0.15, 0.2) is 208 Å². The molecule has 15 heterocycles. The van der Waals surface area contributed by atoms with E-state index in [0.717, 1.165) is 140 Å². The number of aliphatic hydroxyl groups excluding tert-OH is 3. The first-order valence-electron chi connectivity index (χ1n) is 44.9. The van der Waals surface area contributed by atoms with Crippen LogP contribution in [0.1, 0.15) is 200 Å². The SMILES string of the molecule is CC(O)(Cn1c2c(c3cc(Cl)cnc31)CCCC2)c1ccncc1.CCCN1CCc2c(c3cc(C)ccc3n2CC(O)c2cccnc2)C1.CN1CCc2c(c3cc(C(C)(C)O)ccc3n2CC(O)c2ccncc2)C1.CN1Cc2c(n(CC(O)c3ccncc3)c3ncccc23)C(C)(C)C1.Cc1ccc2c(c1)c1c(n2CC(C)(O)c2cccnc2)CCCC1. The molecule has 0 amide bonds. The van der Waals surface area contributed by atoms with Crippen LogP contribution >= 0.6 is 11.6 Å². The van der Waals surface area contributed by atoms with Crippen molar-refractivity contribution in [1.29, 1.82) is 0 Å². The Hall–Kier alpha value is -10.7. The van der Waals surface area contributed by atoms with E-state index in [1.807, 2.05) is 113 Å². The summed E-state index contributed by atoms with van der Waals surface area (Å²) in [5.41, 5.74) is 24.2. The van der Waals surface area contributed by atoms with E-state index in [0.29, 0.717) is 37.7 Å². The predicted octanol–water partition coefficient (Wildman–Crippen LogP) is 17.7. The maximum Gasteiger partial charge on any atom is 0.140 e. The van der Waals surface area contributed by atoms with Gasteiger partial charge >= 0.3 is 0 Å². The minimum Gasteiger partial charge on any atom is -0.387 e. The molecule has 21 nitrogen and oxygen atoms in total. The quantitative estimate of drug-likeness (QED) is 0.0468. The highest BCUT2D eigenvalue weighted by Gasteiger charge is 2.38. The minimum atomic E-state index is -0.985. The van der Waals surface area contributed by atoms with E-state index in [4.69, 9.17) is 11.6 Å². The number of pyridine rings is 7. The smallest absolute Gasteiger partial charge is 0.140 e. The molecule has 15 aromatic rings. The van der Waals surface area contributed by atoms with E-state index in [1.54, 1.807) is 68.2 Å². The molecule has 0 spiro atoms. The average Bonchev–Trinajstić information content (AvgIpc) is 1.58. The van der Waals surface area contributed by atoms with Crippen molar-refractivity contribution < 1.29 is 30.6 Å². The topological polar surface area (TPSA) is 246 Å². The molecule has 5 atom stereocenters. The van der Waals surface area contributed by atoms with Gasteiger partial charge in [-0.2, -0.15) is 0 Å². The maximum atomic E-state index is 11.1. The third-order valence-corrected chi connectivity index (χ3v) is 26.6. The van der Waals surface area contributed by atoms with Crippen LogP contribution < -0.4 is 0 Å². The van der Waals surface area contributed by atoms with Crippen molar-refractivity contribution in [2.75, 3.05) is 40.3 Å². The van der Waals surface area contributed by atoms with E-state index >= 15 is 0 Å². The summed E-state index contributed by atoms with van der Waals surface area (Å²) in [6.45, 7) is 28.1. The minimum absolute atomic E-state index is 0.000989. The summed E-state index contributed by atoms with van der Waals surface area (Å²) < 4.78 is 11.3. The molecule has 5 unspecified atom stereocenters. The zero-order valence-electron chi connectivity index (χ0n) is 74.9. The van der Waals surface area contributed by atoms with Crippen LogP contribution in [-0.2, 0) is 113 Å². The molecular formula is C104H122ClN15O6. The van der Waals surface area contributed by atoms with Gasteiger partial charge in [0, 0.05) is 215 Å². The number of aromatic nitrogens is 12. The summed E-state index contributed by atoms with van der Waals surface area (Å²) in [5, 5.41) is 71.9. The van der Waals surface area contributed by atoms with Crippen molar-refractivity contribution in [3.05, 3.63) is 314 Å². The van der Waals surface area contributed by atoms with Gasteiger partial charge in [0.15, 0.2) is 0 Å². The largest absolute Gasteiger partial charge is 0.387 e. The van der Waals surface area contributed by atoms with Gasteiger partial charge in [-0.05, 0) is 273 Å². The van der Waals surface area contributed by atoms with Crippen LogP contribution in [0, 0.1) is 13.8 Å². The first kappa shape index (κ1) is 88.8. The molecule has 5 aliphatic rings. The Bertz CT molecular complexity index is 6140. The van der Waals surface area contributed by atoms with Gasteiger partial charge in [-0.3, -0.25) is 29.8 Å². The highest BCUT2D eigenvalue weighted by molar-refractivity contribution is 6.31. The normalized spacial score (nSPS) is 16.8. The third-order valence-electron chi connectivity index (χ3n) is 26.4. The molecule has 20 rings (SSSR count). The Balaban J connectivity index is 0.000000116. The molecule has 126 heavy (non-hydrogen) atoms. The number of hydrogen-bond donors (Lipinski definition) is 6. The second kappa shape index (κ2) is 37.7. The summed E-state index contributed by atoms with van der Waals surface area (Å²) in [5.74, 6) is 0. The van der Waals surface area contributed by atoms with Gasteiger partial charge in [-0.1, -0.05) is 73.8 Å². The second-order valence-corrected chi connectivity index (χ2v) is 37.6. The van der Waals surface area contributed by atoms with E-state index in [-0.39, 0.29) is 5.41 Å². The summed E-state index contributed by atoms with van der Waals surface area (Å²) in [6.07, 6.45) is 31.5. The molecule has 12 aromatic heterocycles. The van der Waals surface area contributed by atoms with Gasteiger partial charge in [0.05, 0.1) is 61.7 Å². The molecular weight excluding hydrogens is 1590 g/mol. The number of halogens is 1. The molecule has 0 bridgehead atoms. The lowest BCUT2D eigenvalue weighted by Gasteiger charge is -2.38. The first-order chi connectivity index (χ1) is 60.6. The number of aryl methyl sites for hydroxylation is 4. The Morgan fingerprint density at radius 1 is 0.421 bits per heavy atom. The second-order valence-electron chi connectivity index (χ2n) is 37.2. The highest BCUT2D eigenvalue weighted by atomic mass is 35.5. The van der Waals surface area contributed by atoms with Crippen LogP contribution in [0.3, 0.4) is 0 Å². The Labute approximate surface area is 744 Å². The van der Waals surface area contributed by atoms with Gasteiger partial charge in [0.1, 0.15) is 22.5 Å². The number of hydrogen-bond acceptors (Lipinski definition) is 16. The van der Waals surface area contributed by atoms with Crippen molar-refractivity contribution in [3.63, 3.8) is 0 Å². The molecule has 0 saturated carbocycles. The number of likely N-dealkylation sites (N-methyl/N-ethyl adjacent to an activating group) is 2. The van der Waals surface area contributed by atoms with Crippen LogP contribution in [0.4, 0.5) is 0 Å². The monoisotopic (exact) mass is 1710 g/mol. The third kappa shape index (κ3) is 19.0. The maximum absolute atomic E-state index is 11.1. The number of benzene rings is 3. The summed E-state index contributed by atoms with van der Waals surface area (Å²) in [7, 11) is 4.30. The van der Waals surface area contributed by atoms with Crippen LogP contribution in [0.25, 0.3) is 54.8 Å². The Morgan fingerprint density at radius 3 is 1.53 bits per heavy atom. The molecule has 6 N–H and O–H groups in total. The Morgan fingerprint density at radius 2 is 0.921 bits per heavy atom. The van der Waals surface area contributed by atoms with Crippen LogP contribution in [0.5, 0.6) is 0 Å². The zero-order valence-corrected chi connectivity index (χ0v) is 75.7. The van der Waals surface area contributed by atoms with Gasteiger partial charge in [0.2, 0.25) is 0 Å². The number of rotatable bonds is 18. The van der Waals surface area contributed by atoms with Crippen molar-refractivity contribution >= 4 is 66.4 Å². The number of fused-ring (bicyclic) bond motifs is 15. The molecule has 656 valence electrons. The van der Waals surface area contributed by atoms with E-state index in [1.165, 1.54) is 132 Å². The number of nitrogens with zero attached hydrogens (tertiary/aromatic N) is 15. The first-order valence-corrected chi connectivity index (χ1v) is 45.3. The van der Waals surface area contributed by atoms with E-state index < -0.39 is 35.1 Å². The lowest BCUT2D eigenvalue weighted by molar-refractivity contribution is 0.0380. The summed E-state index contributed by atoms with van der Waals surface area (Å²) in [4.78, 5) is 36.9. The summed E-state index contributed by atoms with van der Waals surface area (Å²) in [6, 6.07) is 44.6. The van der Waals surface area contributed by atoms with Crippen LogP contribution in [-0.4, -0.2) is 143 Å². The van der Waals surface area contributed by atoms with Crippen molar-refractivity contribution in [2.24, 2.45) is 0 Å². The fourth-order valence-corrected chi connectivity index (χ4v) is 20.4. The standard InChI is InChI=1S/C22H27N3O2.C22H27N3O.C21H24N2O.C20H24N4O.C19H20ClN3O/c1-22(2,27)16-4-5-19-17(12-16)18-13-24(3)11-8-20(18)25(19)14-21(26)15-6-9-23-10-7-15;1-3-10-24-11-8-21-19(14-24)18-12-16(2)6-7-20(18)25(21)15-22(26)17-5-4-9-23-13-17;1-15-9-10-20-18(12-15)17-7-3-4-8-19(17)23(20)14-21(2,24)16-6-5-11-22-13-16;1-20(2)13-23(3)11-16-15-5-4-8-22-19(15)24(18(16)20)12-17(25)14-6-9-21-10-7-14;1-19(24,13-6-8-21-9-7-13)12-23-17-5-3-2-4-15(17)16-10-14(20)11-22-18(16)23/h4-7,9-10,12,21,26-27H,8,11,13-14H2,1-3H3;4-7,9,12-13,22,26H,3,8,10-11,14-15H2,1-2H3;5-6,9-13,24H,3-4,7-8,14H2,1-2H3;4-10,17,25H,11-13H2,1-3H3;6-11,24H,2-5,12H2,1H3. The molecule has 22 heteroatoms.